The van der Waals surface area contributed by atoms with Crippen LogP contribution in [0, 0.1) is 0 Å². The van der Waals surface area contributed by atoms with Gasteiger partial charge in [-0.2, -0.15) is 0 Å². The van der Waals surface area contributed by atoms with Crippen molar-refractivity contribution in [3.8, 4) is 32.7 Å². The van der Waals surface area contributed by atoms with E-state index in [-0.39, 0.29) is 0 Å². The molecule has 0 amide bonds. The summed E-state index contributed by atoms with van der Waals surface area (Å²) in [5.41, 5.74) is 3.72. The molecule has 5 rings (SSSR count). The zero-order valence-corrected chi connectivity index (χ0v) is 15.3. The van der Waals surface area contributed by atoms with Gasteiger partial charge < -0.3 is 4.57 Å². The lowest BCUT2D eigenvalue weighted by molar-refractivity contribution is 0.968. The minimum absolute atomic E-state index is 0.610. The average Bonchev–Trinajstić information content (AvgIpc) is 3.36. The van der Waals surface area contributed by atoms with E-state index in [9.17, 15) is 0 Å². The minimum atomic E-state index is 0.610. The number of aromatic nitrogens is 6. The first-order chi connectivity index (χ1) is 13.3. The molecule has 0 fully saturated rings. The molecule has 0 aliphatic carbocycles. The zero-order chi connectivity index (χ0) is 18.2. The van der Waals surface area contributed by atoms with Crippen LogP contribution in [0.1, 0.15) is 0 Å². The van der Waals surface area contributed by atoms with Crippen LogP contribution >= 0.6 is 11.3 Å². The highest BCUT2D eigenvalue weighted by molar-refractivity contribution is 7.18. The minimum Gasteiger partial charge on any atom is -0.350 e. The van der Waals surface area contributed by atoms with Crippen molar-refractivity contribution in [1.82, 2.24) is 29.5 Å². The van der Waals surface area contributed by atoms with Gasteiger partial charge in [-0.3, -0.25) is 4.98 Å². The second-order valence-electron chi connectivity index (χ2n) is 6.06. The van der Waals surface area contributed by atoms with Gasteiger partial charge in [0, 0.05) is 55.2 Å². The molecule has 5 aromatic rings. The lowest BCUT2D eigenvalue weighted by atomic mass is 10.2. The van der Waals surface area contributed by atoms with Crippen LogP contribution in [-0.2, 0) is 7.05 Å². The number of rotatable bonds is 3. The van der Waals surface area contributed by atoms with E-state index < -0.39 is 0 Å². The van der Waals surface area contributed by atoms with Crippen molar-refractivity contribution in [3.63, 3.8) is 0 Å². The van der Waals surface area contributed by atoms with Gasteiger partial charge in [-0.15, -0.1) is 11.3 Å². The maximum atomic E-state index is 4.88. The second-order valence-corrected chi connectivity index (χ2v) is 7.09. The standard InChI is InChI=1S/C20H14N6S/c1-26-9-5-14-16(26)10-15(19-22-7-3-8-23-19)25-18(14)17-12-24-20(27-17)13-4-2-6-21-11-13/h2-12H,1H3. The van der Waals surface area contributed by atoms with E-state index >= 15 is 0 Å². The molecule has 0 N–H and O–H groups in total. The largest absolute Gasteiger partial charge is 0.350 e. The quantitative estimate of drug-likeness (QED) is 0.476. The van der Waals surface area contributed by atoms with Crippen LogP contribution < -0.4 is 0 Å². The molecule has 5 heterocycles. The van der Waals surface area contributed by atoms with Crippen LogP contribution in [0.4, 0.5) is 0 Å². The number of pyridine rings is 2. The predicted octanol–water partition coefficient (Wildman–Crippen LogP) is 4.22. The number of thiazole rings is 1. The second kappa shape index (κ2) is 6.37. The van der Waals surface area contributed by atoms with E-state index in [0.717, 1.165) is 37.7 Å². The van der Waals surface area contributed by atoms with E-state index in [0.29, 0.717) is 5.82 Å². The number of nitrogens with zero attached hydrogens (tertiary/aromatic N) is 6. The zero-order valence-electron chi connectivity index (χ0n) is 14.4. The summed E-state index contributed by atoms with van der Waals surface area (Å²) in [6.45, 7) is 0. The molecule has 0 aromatic carbocycles. The molecule has 0 unspecified atom stereocenters. The number of hydrogen-bond donors (Lipinski definition) is 0. The van der Waals surface area contributed by atoms with Crippen molar-refractivity contribution in [2.45, 2.75) is 0 Å². The first-order valence-corrected chi connectivity index (χ1v) is 9.21. The Balaban J connectivity index is 1.70. The van der Waals surface area contributed by atoms with Crippen molar-refractivity contribution in [1.29, 1.82) is 0 Å². The fraction of sp³-hybridized carbons (Fsp3) is 0.0500. The van der Waals surface area contributed by atoms with Gasteiger partial charge in [-0.25, -0.2) is 19.9 Å². The maximum absolute atomic E-state index is 4.88. The molecular formula is C20H14N6S. The summed E-state index contributed by atoms with van der Waals surface area (Å²) in [5, 5.41) is 2.00. The van der Waals surface area contributed by atoms with E-state index in [1.54, 1.807) is 36.0 Å². The molecule has 5 aromatic heterocycles. The van der Waals surface area contributed by atoms with Crippen LogP contribution in [0.25, 0.3) is 43.6 Å². The number of hydrogen-bond acceptors (Lipinski definition) is 6. The van der Waals surface area contributed by atoms with Crippen molar-refractivity contribution in [2.75, 3.05) is 0 Å². The van der Waals surface area contributed by atoms with E-state index in [1.807, 2.05) is 43.8 Å². The Kier molecular flexibility index (Phi) is 3.72. The lowest BCUT2D eigenvalue weighted by Crippen LogP contribution is -1.94. The van der Waals surface area contributed by atoms with Gasteiger partial charge in [-0.05, 0) is 30.3 Å². The van der Waals surface area contributed by atoms with E-state index in [1.165, 1.54) is 0 Å². The van der Waals surface area contributed by atoms with E-state index in [4.69, 9.17) is 4.98 Å². The maximum Gasteiger partial charge on any atom is 0.178 e. The van der Waals surface area contributed by atoms with Crippen molar-refractivity contribution in [2.24, 2.45) is 7.05 Å². The van der Waals surface area contributed by atoms with Gasteiger partial charge >= 0.3 is 0 Å². The first kappa shape index (κ1) is 15.8. The molecule has 0 aliphatic rings. The molecule has 0 saturated heterocycles. The Hall–Kier alpha value is -3.45. The topological polar surface area (TPSA) is 69.4 Å². The van der Waals surface area contributed by atoms with Crippen molar-refractivity contribution < 1.29 is 0 Å². The van der Waals surface area contributed by atoms with Crippen molar-refractivity contribution in [3.05, 3.63) is 67.5 Å². The van der Waals surface area contributed by atoms with Crippen molar-refractivity contribution >= 4 is 22.2 Å². The summed E-state index contributed by atoms with van der Waals surface area (Å²) < 4.78 is 2.08. The van der Waals surface area contributed by atoms with Gasteiger partial charge in [0.05, 0.1) is 16.1 Å². The fourth-order valence-corrected chi connectivity index (χ4v) is 3.91. The molecule has 130 valence electrons. The van der Waals surface area contributed by atoms with Gasteiger partial charge in [0.2, 0.25) is 0 Å². The molecule has 7 heteroatoms. The monoisotopic (exact) mass is 370 g/mol. The number of aryl methyl sites for hydroxylation is 1. The van der Waals surface area contributed by atoms with Crippen LogP contribution in [0.3, 0.4) is 0 Å². The third-order valence-corrected chi connectivity index (χ3v) is 5.38. The van der Waals surface area contributed by atoms with Crippen LogP contribution in [0.15, 0.2) is 67.5 Å². The Morgan fingerprint density at radius 3 is 2.67 bits per heavy atom. The normalized spacial score (nSPS) is 11.1. The molecule has 0 bridgehead atoms. The Morgan fingerprint density at radius 1 is 0.963 bits per heavy atom. The summed E-state index contributed by atoms with van der Waals surface area (Å²) in [7, 11) is 2.02. The highest BCUT2D eigenvalue weighted by atomic mass is 32.1. The van der Waals surface area contributed by atoms with Gasteiger partial charge in [-0.1, -0.05) is 0 Å². The summed E-state index contributed by atoms with van der Waals surface area (Å²) >= 11 is 1.60. The Bertz CT molecular complexity index is 1230. The van der Waals surface area contributed by atoms with Gasteiger partial charge in [0.1, 0.15) is 10.7 Å². The molecule has 6 nitrogen and oxygen atoms in total. The molecule has 27 heavy (non-hydrogen) atoms. The summed E-state index contributed by atoms with van der Waals surface area (Å²) in [4.78, 5) is 23.3. The SMILES string of the molecule is Cn1ccc2c(-c3cnc(-c4cccnc4)s3)nc(-c3ncccn3)cc21. The Morgan fingerprint density at radius 2 is 1.85 bits per heavy atom. The molecule has 0 atom stereocenters. The predicted molar refractivity (Wildman–Crippen MR) is 106 cm³/mol. The van der Waals surface area contributed by atoms with Gasteiger partial charge in [0.15, 0.2) is 5.82 Å². The summed E-state index contributed by atoms with van der Waals surface area (Å²) in [5.74, 6) is 0.610. The smallest absolute Gasteiger partial charge is 0.178 e. The highest BCUT2D eigenvalue weighted by Gasteiger charge is 2.16. The Labute approximate surface area is 159 Å². The molecule has 0 saturated carbocycles. The lowest BCUT2D eigenvalue weighted by Gasteiger charge is -2.06. The average molecular weight is 370 g/mol. The van der Waals surface area contributed by atoms with Gasteiger partial charge in [0.25, 0.3) is 0 Å². The number of fused-ring (bicyclic) bond motifs is 1. The van der Waals surface area contributed by atoms with Crippen LogP contribution in [0.5, 0.6) is 0 Å². The third-order valence-electron chi connectivity index (χ3n) is 4.32. The first-order valence-electron chi connectivity index (χ1n) is 8.40. The summed E-state index contributed by atoms with van der Waals surface area (Å²) in [6.07, 6.45) is 10.9. The third kappa shape index (κ3) is 2.78. The van der Waals surface area contributed by atoms with Crippen LogP contribution in [0.2, 0.25) is 0 Å². The molecule has 0 aliphatic heterocycles. The van der Waals surface area contributed by atoms with E-state index in [2.05, 4.69) is 30.6 Å². The van der Waals surface area contributed by atoms with Crippen LogP contribution in [-0.4, -0.2) is 29.5 Å². The molecule has 0 spiro atoms. The fourth-order valence-electron chi connectivity index (χ4n) is 3.00. The molecule has 0 radical (unpaired) electrons. The summed E-state index contributed by atoms with van der Waals surface area (Å²) in [6, 6.07) is 9.83. The molecular weight excluding hydrogens is 356 g/mol. The highest BCUT2D eigenvalue weighted by Crippen LogP contribution is 2.36.